The number of ketones is 3. The number of hydrogen-bond acceptors (Lipinski definition) is 6. The zero-order chi connectivity index (χ0) is 31.4. The lowest BCUT2D eigenvalue weighted by atomic mass is 9.76. The molecule has 0 saturated carbocycles. The van der Waals surface area contributed by atoms with E-state index in [2.05, 4.69) is 4.98 Å². The summed E-state index contributed by atoms with van der Waals surface area (Å²) in [5.41, 5.74) is 2.29. The number of aliphatic hydroxyl groups excluding tert-OH is 1. The maximum Gasteiger partial charge on any atom is 0.211 e. The van der Waals surface area contributed by atoms with Crippen LogP contribution in [-0.4, -0.2) is 34.5 Å². The molecule has 0 saturated heterocycles. The lowest BCUT2D eigenvalue weighted by molar-refractivity contribution is 0.0740. The van der Waals surface area contributed by atoms with Crippen molar-refractivity contribution in [1.29, 1.82) is 0 Å². The average molecular weight is 603 g/mol. The maximum absolute atomic E-state index is 14.0. The van der Waals surface area contributed by atoms with Gasteiger partial charge in [0.05, 0.1) is 17.3 Å². The lowest BCUT2D eigenvalue weighted by Crippen LogP contribution is -2.31. The molecule has 1 aromatic heterocycles. The molecule has 0 bridgehead atoms. The van der Waals surface area contributed by atoms with Gasteiger partial charge in [0.2, 0.25) is 5.78 Å². The molecule has 4 aromatic carbocycles. The minimum atomic E-state index is -1.52. The van der Waals surface area contributed by atoms with Gasteiger partial charge in [-0.2, -0.15) is 0 Å². The Balaban J connectivity index is 1.50. The van der Waals surface area contributed by atoms with Crippen LogP contribution in [-0.2, 0) is 5.41 Å². The van der Waals surface area contributed by atoms with E-state index in [0.717, 1.165) is 16.9 Å². The van der Waals surface area contributed by atoms with Crippen LogP contribution in [0.25, 0.3) is 0 Å². The van der Waals surface area contributed by atoms with E-state index in [9.17, 15) is 19.5 Å². The van der Waals surface area contributed by atoms with Gasteiger partial charge in [0.15, 0.2) is 11.6 Å². The Morgan fingerprint density at radius 2 is 1.39 bits per heavy atom. The van der Waals surface area contributed by atoms with Crippen molar-refractivity contribution < 1.29 is 19.5 Å². The summed E-state index contributed by atoms with van der Waals surface area (Å²) in [4.78, 5) is 47.7. The fourth-order valence-corrected chi connectivity index (χ4v) is 5.15. The molecule has 0 radical (unpaired) electrons. The third kappa shape index (κ3) is 6.23. The van der Waals surface area contributed by atoms with Gasteiger partial charge in [-0.1, -0.05) is 78.3 Å². The molecular weight excluding hydrogens is 572 g/mol. The van der Waals surface area contributed by atoms with E-state index < -0.39 is 23.1 Å². The first kappa shape index (κ1) is 30.5. The fraction of sp³-hybridized carbons (Fsp3) is 0.135. The number of Topliss-reactive ketones (excluding diaryl/α,β-unsaturated/α-hetero) is 2. The van der Waals surface area contributed by atoms with Crippen molar-refractivity contribution in [1.82, 2.24) is 4.98 Å². The molecule has 1 N–H and O–H groups in total. The molecule has 1 atom stereocenters. The van der Waals surface area contributed by atoms with Gasteiger partial charge in [0.1, 0.15) is 11.8 Å². The number of carbonyl (C=O) groups is 3. The van der Waals surface area contributed by atoms with E-state index in [1.807, 2.05) is 54.4 Å². The first-order valence-electron chi connectivity index (χ1n) is 14.1. The highest BCUT2D eigenvalue weighted by atomic mass is 35.5. The molecule has 1 unspecified atom stereocenters. The monoisotopic (exact) mass is 602 g/mol. The van der Waals surface area contributed by atoms with Gasteiger partial charge in [-0.3, -0.25) is 19.4 Å². The largest absolute Gasteiger partial charge is 0.380 e. The summed E-state index contributed by atoms with van der Waals surface area (Å²) in [6.45, 7) is 3.58. The summed E-state index contributed by atoms with van der Waals surface area (Å²) in [5, 5.41) is 11.7. The number of halogens is 1. The van der Waals surface area contributed by atoms with Crippen LogP contribution in [0.5, 0.6) is 0 Å². The number of pyridine rings is 1. The number of rotatable bonds is 10. The highest BCUT2D eigenvalue weighted by Crippen LogP contribution is 2.32. The Labute approximate surface area is 261 Å². The number of hydrogen-bond donors (Lipinski definition) is 1. The molecule has 0 aliphatic rings. The number of aromatic nitrogens is 1. The van der Waals surface area contributed by atoms with Crippen molar-refractivity contribution in [3.8, 4) is 0 Å². The van der Waals surface area contributed by atoms with Crippen molar-refractivity contribution >= 4 is 40.3 Å². The smallest absolute Gasteiger partial charge is 0.211 e. The molecule has 5 rings (SSSR count). The molecule has 44 heavy (non-hydrogen) atoms. The SMILES string of the molecule is CN(c1ccc(Cl)cc1)c1ccc(C(=O)c2ccc(C(=O)C(C)(C)c3ccccc3)c(C(=O)C(O)c3ccccc3)c2)nc1. The first-order chi connectivity index (χ1) is 21.1. The Hall–Kier alpha value is -4.91. The predicted molar refractivity (Wildman–Crippen MR) is 173 cm³/mol. The van der Waals surface area contributed by atoms with Gasteiger partial charge in [0, 0.05) is 34.4 Å². The van der Waals surface area contributed by atoms with Crippen LogP contribution in [0, 0.1) is 0 Å². The standard InChI is InChI=1S/C37H31ClN2O4/c1-37(2,26-12-8-5-9-13-26)36(44)30-20-14-25(22-31(30)35(43)34(42)24-10-6-4-7-11-24)33(41)32-21-19-29(23-39-32)40(3)28-17-15-27(38)16-18-28/h4-23,34,42H,1-3H3. The molecule has 7 heteroatoms. The number of anilines is 2. The Morgan fingerprint density at radius 3 is 2.00 bits per heavy atom. The lowest BCUT2D eigenvalue weighted by Gasteiger charge is -2.25. The second-order valence-corrected chi connectivity index (χ2v) is 11.5. The molecular formula is C37H31ClN2O4. The van der Waals surface area contributed by atoms with E-state index in [4.69, 9.17) is 11.6 Å². The summed E-state index contributed by atoms with van der Waals surface area (Å²) >= 11 is 6.01. The molecule has 0 amide bonds. The minimum absolute atomic E-state index is 0.0275. The number of carbonyl (C=O) groups excluding carboxylic acids is 3. The first-order valence-corrected chi connectivity index (χ1v) is 14.5. The summed E-state index contributed by atoms with van der Waals surface area (Å²) in [7, 11) is 1.88. The van der Waals surface area contributed by atoms with Crippen LogP contribution in [0.2, 0.25) is 5.02 Å². The van der Waals surface area contributed by atoms with Crippen LogP contribution in [0.15, 0.2) is 121 Å². The van der Waals surface area contributed by atoms with E-state index in [1.54, 1.807) is 74.6 Å². The third-order valence-corrected chi connectivity index (χ3v) is 8.05. The van der Waals surface area contributed by atoms with E-state index in [1.165, 1.54) is 18.2 Å². The summed E-state index contributed by atoms with van der Waals surface area (Å²) < 4.78 is 0. The number of nitrogens with zero attached hydrogens (tertiary/aromatic N) is 2. The van der Waals surface area contributed by atoms with E-state index in [-0.39, 0.29) is 28.2 Å². The normalized spacial score (nSPS) is 11.9. The van der Waals surface area contributed by atoms with E-state index >= 15 is 0 Å². The predicted octanol–water partition coefficient (Wildman–Crippen LogP) is 7.81. The summed E-state index contributed by atoms with van der Waals surface area (Å²) in [6.07, 6.45) is 0.0709. The molecule has 0 spiro atoms. The molecule has 0 fully saturated rings. The molecule has 0 aliphatic carbocycles. The van der Waals surface area contributed by atoms with Crippen LogP contribution < -0.4 is 4.90 Å². The second kappa shape index (κ2) is 12.8. The molecule has 5 aromatic rings. The van der Waals surface area contributed by atoms with Gasteiger partial charge < -0.3 is 10.0 Å². The van der Waals surface area contributed by atoms with Crippen LogP contribution >= 0.6 is 11.6 Å². The minimum Gasteiger partial charge on any atom is -0.380 e. The molecule has 1 heterocycles. The Morgan fingerprint density at radius 1 is 0.773 bits per heavy atom. The van der Waals surface area contributed by atoms with E-state index in [0.29, 0.717) is 10.6 Å². The van der Waals surface area contributed by atoms with Crippen LogP contribution in [0.1, 0.15) is 67.8 Å². The van der Waals surface area contributed by atoms with Crippen LogP contribution in [0.3, 0.4) is 0 Å². The summed E-state index contributed by atoms with van der Waals surface area (Å²) in [6, 6.07) is 32.9. The average Bonchev–Trinajstić information content (AvgIpc) is 3.07. The van der Waals surface area contributed by atoms with Crippen molar-refractivity contribution in [2.75, 3.05) is 11.9 Å². The Kier molecular flexibility index (Phi) is 8.86. The van der Waals surface area contributed by atoms with Gasteiger partial charge in [0.25, 0.3) is 0 Å². The number of benzene rings is 4. The third-order valence-electron chi connectivity index (χ3n) is 7.80. The highest BCUT2D eigenvalue weighted by molar-refractivity contribution is 6.30. The Bertz CT molecular complexity index is 1800. The van der Waals surface area contributed by atoms with Gasteiger partial charge in [-0.15, -0.1) is 0 Å². The van der Waals surface area contributed by atoms with Gasteiger partial charge >= 0.3 is 0 Å². The summed E-state index contributed by atoms with van der Waals surface area (Å²) in [5.74, 6) is -1.40. The van der Waals surface area contributed by atoms with Crippen molar-refractivity contribution in [3.63, 3.8) is 0 Å². The second-order valence-electron chi connectivity index (χ2n) is 11.0. The van der Waals surface area contributed by atoms with Crippen molar-refractivity contribution in [3.05, 3.63) is 160 Å². The number of aliphatic hydroxyl groups is 1. The quantitative estimate of drug-likeness (QED) is 0.164. The van der Waals surface area contributed by atoms with Crippen LogP contribution in [0.4, 0.5) is 11.4 Å². The van der Waals surface area contributed by atoms with Crippen molar-refractivity contribution in [2.45, 2.75) is 25.4 Å². The molecule has 0 aliphatic heterocycles. The highest BCUT2D eigenvalue weighted by Gasteiger charge is 2.34. The molecule has 220 valence electrons. The van der Waals surface area contributed by atoms with Gasteiger partial charge in [-0.05, 0) is 73.5 Å². The fourth-order valence-electron chi connectivity index (χ4n) is 5.02. The zero-order valence-electron chi connectivity index (χ0n) is 24.6. The maximum atomic E-state index is 14.0. The zero-order valence-corrected chi connectivity index (χ0v) is 25.3. The topological polar surface area (TPSA) is 87.6 Å². The van der Waals surface area contributed by atoms with Crippen molar-refractivity contribution in [2.24, 2.45) is 0 Å². The van der Waals surface area contributed by atoms with Gasteiger partial charge in [-0.25, -0.2) is 0 Å². The molecule has 6 nitrogen and oxygen atoms in total.